The van der Waals surface area contributed by atoms with Gasteiger partial charge in [-0.05, 0) is 23.1 Å². The molecule has 3 nitrogen and oxygen atoms in total. The number of methoxy groups -OCH3 is 1. The van der Waals surface area contributed by atoms with E-state index in [1.165, 1.54) is 11.6 Å². The summed E-state index contributed by atoms with van der Waals surface area (Å²) in [5.41, 5.74) is 2.80. The minimum Gasteiger partial charge on any atom is -0.478 e. The average Bonchev–Trinajstić information content (AvgIpc) is 2.28. The molecule has 3 heteroatoms. The van der Waals surface area contributed by atoms with Crippen molar-refractivity contribution in [1.29, 1.82) is 0 Å². The Bertz CT molecular complexity index is 377. The fraction of sp³-hybridized carbons (Fsp3) is 0.308. The first-order valence-electron chi connectivity index (χ1n) is 5.19. The second kappa shape index (κ2) is 6.08. The predicted molar refractivity (Wildman–Crippen MR) is 63.3 cm³/mol. The highest BCUT2D eigenvalue weighted by molar-refractivity contribution is 5.90. The van der Waals surface area contributed by atoms with E-state index in [1.807, 2.05) is 24.3 Å². The van der Waals surface area contributed by atoms with Crippen LogP contribution in [0, 0.1) is 0 Å². The lowest BCUT2D eigenvalue weighted by Crippen LogP contribution is -1.99. The first-order chi connectivity index (χ1) is 7.67. The lowest BCUT2D eigenvalue weighted by atomic mass is 10.0. The van der Waals surface area contributed by atoms with Crippen molar-refractivity contribution >= 4 is 11.5 Å². The van der Waals surface area contributed by atoms with Gasteiger partial charge in [-0.2, -0.15) is 0 Å². The molecule has 0 aliphatic rings. The van der Waals surface area contributed by atoms with E-state index in [0.717, 1.165) is 12.0 Å². The van der Waals surface area contributed by atoms with Gasteiger partial charge >= 0.3 is 5.97 Å². The van der Waals surface area contributed by atoms with Crippen LogP contribution in [0.5, 0.6) is 0 Å². The van der Waals surface area contributed by atoms with Crippen molar-refractivity contribution in [2.45, 2.75) is 13.3 Å². The van der Waals surface area contributed by atoms with Gasteiger partial charge in [0.15, 0.2) is 0 Å². The first kappa shape index (κ1) is 12.5. The molecular formula is C13H16O3. The molecule has 0 aliphatic carbocycles. The molecule has 86 valence electrons. The van der Waals surface area contributed by atoms with Crippen molar-refractivity contribution < 1.29 is 14.6 Å². The summed E-state index contributed by atoms with van der Waals surface area (Å²) >= 11 is 0. The first-order valence-corrected chi connectivity index (χ1v) is 5.19. The van der Waals surface area contributed by atoms with E-state index in [-0.39, 0.29) is 0 Å². The molecule has 1 aromatic rings. The van der Waals surface area contributed by atoms with Crippen molar-refractivity contribution in [2.24, 2.45) is 0 Å². The van der Waals surface area contributed by atoms with Crippen LogP contribution < -0.4 is 0 Å². The Morgan fingerprint density at radius 1 is 1.38 bits per heavy atom. The zero-order chi connectivity index (χ0) is 12.0. The van der Waals surface area contributed by atoms with Crippen LogP contribution in [0.2, 0.25) is 0 Å². The summed E-state index contributed by atoms with van der Waals surface area (Å²) in [5.74, 6) is -0.952. The van der Waals surface area contributed by atoms with Crippen LogP contribution in [-0.4, -0.2) is 24.8 Å². The summed E-state index contributed by atoms with van der Waals surface area (Å²) in [6, 6.07) is 7.85. The second-order valence-electron chi connectivity index (χ2n) is 3.49. The summed E-state index contributed by atoms with van der Waals surface area (Å²) in [5, 5.41) is 8.74. The van der Waals surface area contributed by atoms with E-state index >= 15 is 0 Å². The lowest BCUT2D eigenvalue weighted by Gasteiger charge is -2.06. The Hall–Kier alpha value is -1.61. The Labute approximate surface area is 95.4 Å². The van der Waals surface area contributed by atoms with Crippen molar-refractivity contribution in [3.8, 4) is 0 Å². The lowest BCUT2D eigenvalue weighted by molar-refractivity contribution is -0.131. The third kappa shape index (κ3) is 3.51. The average molecular weight is 220 g/mol. The summed E-state index contributed by atoms with van der Waals surface area (Å²) in [7, 11) is 1.55. The van der Waals surface area contributed by atoms with Crippen LogP contribution >= 0.6 is 0 Å². The molecule has 0 bridgehead atoms. The monoisotopic (exact) mass is 220 g/mol. The Morgan fingerprint density at radius 2 is 2.00 bits per heavy atom. The van der Waals surface area contributed by atoms with Crippen molar-refractivity contribution in [3.63, 3.8) is 0 Å². The van der Waals surface area contributed by atoms with Crippen LogP contribution in [0.3, 0.4) is 0 Å². The van der Waals surface area contributed by atoms with Crippen LogP contribution in [0.25, 0.3) is 5.57 Å². The molecule has 0 saturated carbocycles. The largest absolute Gasteiger partial charge is 0.478 e. The summed E-state index contributed by atoms with van der Waals surface area (Å²) in [4.78, 5) is 10.6. The molecule has 0 fully saturated rings. The quantitative estimate of drug-likeness (QED) is 0.775. The molecule has 0 heterocycles. The zero-order valence-electron chi connectivity index (χ0n) is 9.56. The molecule has 1 rings (SSSR count). The van der Waals surface area contributed by atoms with Crippen LogP contribution in [0.1, 0.15) is 18.1 Å². The van der Waals surface area contributed by atoms with Crippen LogP contribution in [-0.2, 0) is 16.0 Å². The fourth-order valence-electron chi connectivity index (χ4n) is 1.47. The minimum atomic E-state index is -0.952. The summed E-state index contributed by atoms with van der Waals surface area (Å²) in [6.45, 7) is 2.38. The molecule has 0 amide bonds. The molecule has 1 N–H and O–H groups in total. The topological polar surface area (TPSA) is 46.5 Å². The molecule has 0 radical (unpaired) electrons. The molecule has 0 unspecified atom stereocenters. The number of rotatable bonds is 5. The van der Waals surface area contributed by atoms with Crippen LogP contribution in [0.15, 0.2) is 30.3 Å². The van der Waals surface area contributed by atoms with Gasteiger partial charge in [-0.3, -0.25) is 0 Å². The van der Waals surface area contributed by atoms with E-state index < -0.39 is 5.97 Å². The SMILES string of the molecule is CCc1ccc(/C(=C/C(=O)O)COC)cc1. The Balaban J connectivity index is 2.97. The third-order valence-electron chi connectivity index (χ3n) is 2.33. The number of carboxylic acids is 1. The van der Waals surface area contributed by atoms with E-state index in [0.29, 0.717) is 12.2 Å². The van der Waals surface area contributed by atoms with Gasteiger partial charge in [0.05, 0.1) is 6.61 Å². The predicted octanol–water partition coefficient (Wildman–Crippen LogP) is 2.36. The molecule has 16 heavy (non-hydrogen) atoms. The van der Waals surface area contributed by atoms with Gasteiger partial charge in [0.1, 0.15) is 0 Å². The summed E-state index contributed by atoms with van der Waals surface area (Å²) < 4.78 is 4.98. The Kier molecular flexibility index (Phi) is 4.73. The highest BCUT2D eigenvalue weighted by atomic mass is 16.5. The second-order valence-corrected chi connectivity index (χ2v) is 3.49. The molecule has 0 saturated heterocycles. The molecule has 0 spiro atoms. The Morgan fingerprint density at radius 3 is 2.44 bits per heavy atom. The highest BCUT2D eigenvalue weighted by Gasteiger charge is 2.03. The molecule has 0 aromatic heterocycles. The van der Waals surface area contributed by atoms with Crippen LogP contribution in [0.4, 0.5) is 0 Å². The normalized spacial score (nSPS) is 11.5. The van der Waals surface area contributed by atoms with Gasteiger partial charge in [-0.1, -0.05) is 31.2 Å². The number of ether oxygens (including phenoxy) is 1. The number of aliphatic carboxylic acids is 1. The maximum Gasteiger partial charge on any atom is 0.328 e. The van der Waals surface area contributed by atoms with Gasteiger partial charge in [-0.15, -0.1) is 0 Å². The molecular weight excluding hydrogens is 204 g/mol. The van der Waals surface area contributed by atoms with Crippen molar-refractivity contribution in [3.05, 3.63) is 41.5 Å². The summed E-state index contributed by atoms with van der Waals surface area (Å²) in [6.07, 6.45) is 2.16. The van der Waals surface area contributed by atoms with Crippen molar-refractivity contribution in [2.75, 3.05) is 13.7 Å². The molecule has 0 aliphatic heterocycles. The smallest absolute Gasteiger partial charge is 0.328 e. The van der Waals surface area contributed by atoms with E-state index in [1.54, 1.807) is 7.11 Å². The fourth-order valence-corrected chi connectivity index (χ4v) is 1.47. The number of aryl methyl sites for hydroxylation is 1. The van der Waals surface area contributed by atoms with Gasteiger partial charge < -0.3 is 9.84 Å². The number of hydrogen-bond donors (Lipinski definition) is 1. The minimum absolute atomic E-state index is 0.303. The zero-order valence-corrected chi connectivity index (χ0v) is 9.56. The number of hydrogen-bond acceptors (Lipinski definition) is 2. The van der Waals surface area contributed by atoms with Gasteiger partial charge in [-0.25, -0.2) is 4.79 Å². The van der Waals surface area contributed by atoms with Gasteiger partial charge in [0.2, 0.25) is 0 Å². The highest BCUT2D eigenvalue weighted by Crippen LogP contribution is 2.15. The van der Waals surface area contributed by atoms with Gasteiger partial charge in [0, 0.05) is 13.2 Å². The van der Waals surface area contributed by atoms with Crippen molar-refractivity contribution in [1.82, 2.24) is 0 Å². The molecule has 1 aromatic carbocycles. The van der Waals surface area contributed by atoms with E-state index in [2.05, 4.69) is 6.92 Å². The van der Waals surface area contributed by atoms with E-state index in [9.17, 15) is 4.79 Å². The maximum atomic E-state index is 10.6. The maximum absolute atomic E-state index is 10.6. The standard InChI is InChI=1S/C13H16O3/c1-3-10-4-6-11(7-5-10)12(9-16-2)8-13(14)15/h4-8H,3,9H2,1-2H3,(H,14,15)/b12-8+. The third-order valence-corrected chi connectivity index (χ3v) is 2.33. The number of benzene rings is 1. The number of carboxylic acid groups (broad SMARTS) is 1. The molecule has 0 atom stereocenters. The van der Waals surface area contributed by atoms with E-state index in [4.69, 9.17) is 9.84 Å². The van der Waals surface area contributed by atoms with Gasteiger partial charge in [0.25, 0.3) is 0 Å². The number of carbonyl (C=O) groups is 1.